The van der Waals surface area contributed by atoms with Crippen LogP contribution in [0.1, 0.15) is 37.4 Å². The number of esters is 2. The maximum absolute atomic E-state index is 13.3. The first-order valence-corrected chi connectivity index (χ1v) is 11.3. The number of benzene rings is 3. The number of nitro benzene ring substituents is 1. The lowest BCUT2D eigenvalue weighted by Gasteiger charge is -2.24. The van der Waals surface area contributed by atoms with Gasteiger partial charge in [-0.3, -0.25) is 14.9 Å². The Bertz CT molecular complexity index is 1420. The van der Waals surface area contributed by atoms with E-state index in [4.69, 9.17) is 9.47 Å². The van der Waals surface area contributed by atoms with Crippen molar-refractivity contribution in [1.29, 1.82) is 0 Å². The SMILES string of the molecule is Cc1cccc(C(=O)O[C@@H](C(=O)O)[C@@H](OC(=O)c2cccc(C)c2)C(=O)Nc2cc([N+](=O)[O-])ccc2C)c1. The first-order valence-electron chi connectivity index (χ1n) is 11.3. The number of ether oxygens (including phenoxy) is 2. The summed E-state index contributed by atoms with van der Waals surface area (Å²) in [6, 6.07) is 16.0. The Hall–Kier alpha value is -5.06. The fourth-order valence-corrected chi connectivity index (χ4v) is 3.47. The number of carboxylic acids is 1. The lowest BCUT2D eigenvalue weighted by Crippen LogP contribution is -2.48. The van der Waals surface area contributed by atoms with Crippen molar-refractivity contribution in [2.45, 2.75) is 33.0 Å². The number of carbonyl (C=O) groups is 4. The van der Waals surface area contributed by atoms with Crippen molar-refractivity contribution in [2.75, 3.05) is 5.32 Å². The van der Waals surface area contributed by atoms with Crippen LogP contribution in [0.15, 0.2) is 66.7 Å². The molecule has 0 unspecified atom stereocenters. The van der Waals surface area contributed by atoms with Gasteiger partial charge in [0.15, 0.2) is 0 Å². The topological polar surface area (TPSA) is 162 Å². The standard InChI is InChI=1S/C27H24N2O9/c1-15-6-4-8-18(12-15)26(33)37-22(24(30)28-21-14-20(29(35)36)11-10-17(21)3)23(25(31)32)38-27(34)19-9-5-7-16(2)13-19/h4-14,22-23H,1-3H3,(H,28,30)(H,31,32)/t22-,23-/m1/s1. The van der Waals surface area contributed by atoms with Crippen molar-refractivity contribution in [3.63, 3.8) is 0 Å². The molecule has 0 heterocycles. The quantitative estimate of drug-likeness (QED) is 0.241. The molecule has 0 bridgehead atoms. The second-order valence-corrected chi connectivity index (χ2v) is 8.47. The Morgan fingerprint density at radius 1 is 0.816 bits per heavy atom. The summed E-state index contributed by atoms with van der Waals surface area (Å²) in [5.74, 6) is -5.02. The highest BCUT2D eigenvalue weighted by Crippen LogP contribution is 2.23. The third-order valence-electron chi connectivity index (χ3n) is 5.44. The molecule has 0 aromatic heterocycles. The van der Waals surface area contributed by atoms with E-state index in [9.17, 15) is 34.4 Å². The van der Waals surface area contributed by atoms with Crippen LogP contribution in [0.25, 0.3) is 0 Å². The highest BCUT2D eigenvalue weighted by atomic mass is 16.6. The van der Waals surface area contributed by atoms with Crippen molar-refractivity contribution < 1.29 is 38.7 Å². The summed E-state index contributed by atoms with van der Waals surface area (Å²) >= 11 is 0. The van der Waals surface area contributed by atoms with Gasteiger partial charge in [0, 0.05) is 12.1 Å². The van der Waals surface area contributed by atoms with Crippen LogP contribution in [0, 0.1) is 30.9 Å². The number of aliphatic carboxylic acids is 1. The van der Waals surface area contributed by atoms with Gasteiger partial charge in [-0.05, 0) is 50.6 Å². The van der Waals surface area contributed by atoms with E-state index in [1.165, 1.54) is 36.4 Å². The fourth-order valence-electron chi connectivity index (χ4n) is 3.47. The number of non-ortho nitro benzene ring substituents is 1. The molecule has 3 aromatic rings. The van der Waals surface area contributed by atoms with Gasteiger partial charge < -0.3 is 19.9 Å². The van der Waals surface area contributed by atoms with Gasteiger partial charge in [-0.25, -0.2) is 14.4 Å². The van der Waals surface area contributed by atoms with Crippen LogP contribution in [-0.4, -0.2) is 46.1 Å². The normalized spacial score (nSPS) is 12.1. The van der Waals surface area contributed by atoms with Gasteiger partial charge in [0.2, 0.25) is 12.2 Å². The Morgan fingerprint density at radius 2 is 1.34 bits per heavy atom. The van der Waals surface area contributed by atoms with Crippen LogP contribution in [0.4, 0.5) is 11.4 Å². The predicted octanol–water partition coefficient (Wildman–Crippen LogP) is 3.99. The molecule has 0 radical (unpaired) electrons. The molecule has 0 aliphatic heterocycles. The fraction of sp³-hybridized carbons (Fsp3) is 0.185. The number of nitrogens with zero attached hydrogens (tertiary/aromatic N) is 1. The van der Waals surface area contributed by atoms with E-state index in [1.54, 1.807) is 45.0 Å². The first-order chi connectivity index (χ1) is 18.0. The third-order valence-corrected chi connectivity index (χ3v) is 5.44. The van der Waals surface area contributed by atoms with Crippen LogP contribution < -0.4 is 5.32 Å². The van der Waals surface area contributed by atoms with E-state index < -0.39 is 40.9 Å². The molecule has 0 aliphatic carbocycles. The van der Waals surface area contributed by atoms with E-state index >= 15 is 0 Å². The minimum Gasteiger partial charge on any atom is -0.478 e. The van der Waals surface area contributed by atoms with Gasteiger partial charge in [-0.15, -0.1) is 0 Å². The molecular weight excluding hydrogens is 496 g/mol. The number of nitro groups is 1. The van der Waals surface area contributed by atoms with Crippen LogP contribution >= 0.6 is 0 Å². The number of aryl methyl sites for hydroxylation is 3. The average Bonchev–Trinajstić information content (AvgIpc) is 2.86. The van der Waals surface area contributed by atoms with E-state index in [0.717, 1.165) is 6.07 Å². The molecule has 0 saturated carbocycles. The molecule has 0 fully saturated rings. The molecule has 3 aromatic carbocycles. The van der Waals surface area contributed by atoms with E-state index in [2.05, 4.69) is 5.32 Å². The van der Waals surface area contributed by atoms with Gasteiger partial charge in [0.1, 0.15) is 0 Å². The van der Waals surface area contributed by atoms with Gasteiger partial charge in [0.05, 0.1) is 21.7 Å². The smallest absolute Gasteiger partial charge is 0.349 e. The van der Waals surface area contributed by atoms with Gasteiger partial charge in [-0.1, -0.05) is 41.5 Å². The minimum absolute atomic E-state index is 0.0186. The number of hydrogen-bond acceptors (Lipinski definition) is 8. The van der Waals surface area contributed by atoms with Gasteiger partial charge in [0.25, 0.3) is 11.6 Å². The molecule has 2 atom stereocenters. The van der Waals surface area contributed by atoms with Crippen LogP contribution in [0.3, 0.4) is 0 Å². The number of hydrogen-bond donors (Lipinski definition) is 2. The number of nitrogens with one attached hydrogen (secondary N) is 1. The van der Waals surface area contributed by atoms with E-state index in [1.807, 2.05) is 0 Å². The van der Waals surface area contributed by atoms with Crippen LogP contribution in [0.5, 0.6) is 0 Å². The maximum Gasteiger partial charge on any atom is 0.349 e. The maximum atomic E-state index is 13.3. The summed E-state index contributed by atoms with van der Waals surface area (Å²) in [5, 5.41) is 23.4. The van der Waals surface area contributed by atoms with E-state index in [-0.39, 0.29) is 22.5 Å². The Labute approximate surface area is 217 Å². The van der Waals surface area contributed by atoms with Crippen molar-refractivity contribution in [2.24, 2.45) is 0 Å². The van der Waals surface area contributed by atoms with Crippen LogP contribution in [0.2, 0.25) is 0 Å². The Balaban J connectivity index is 1.98. The molecule has 3 rings (SSSR count). The predicted molar refractivity (Wildman–Crippen MR) is 135 cm³/mol. The molecule has 11 nitrogen and oxygen atoms in total. The molecule has 1 amide bonds. The summed E-state index contributed by atoms with van der Waals surface area (Å²) < 4.78 is 10.4. The summed E-state index contributed by atoms with van der Waals surface area (Å²) in [4.78, 5) is 61.6. The second kappa shape index (κ2) is 11.8. The highest BCUT2D eigenvalue weighted by molar-refractivity contribution is 6.02. The summed E-state index contributed by atoms with van der Waals surface area (Å²) in [6.07, 6.45) is -4.39. The molecule has 11 heteroatoms. The van der Waals surface area contributed by atoms with E-state index in [0.29, 0.717) is 16.7 Å². The zero-order valence-electron chi connectivity index (χ0n) is 20.7. The number of anilines is 1. The van der Waals surface area contributed by atoms with Gasteiger partial charge >= 0.3 is 17.9 Å². The number of carbonyl (C=O) groups excluding carboxylic acids is 3. The van der Waals surface area contributed by atoms with Crippen molar-refractivity contribution in [3.8, 4) is 0 Å². The molecule has 2 N–H and O–H groups in total. The monoisotopic (exact) mass is 520 g/mol. The molecule has 38 heavy (non-hydrogen) atoms. The van der Waals surface area contributed by atoms with Gasteiger partial charge in [-0.2, -0.15) is 0 Å². The number of carboxylic acid groups (broad SMARTS) is 1. The largest absolute Gasteiger partial charge is 0.478 e. The zero-order valence-corrected chi connectivity index (χ0v) is 20.7. The molecule has 0 spiro atoms. The average molecular weight is 520 g/mol. The van der Waals surface area contributed by atoms with Crippen molar-refractivity contribution in [1.82, 2.24) is 0 Å². The Morgan fingerprint density at radius 3 is 1.82 bits per heavy atom. The Kier molecular flexibility index (Phi) is 8.54. The summed E-state index contributed by atoms with van der Waals surface area (Å²) in [5.41, 5.74) is 1.52. The summed E-state index contributed by atoms with van der Waals surface area (Å²) in [7, 11) is 0. The highest BCUT2D eigenvalue weighted by Gasteiger charge is 2.41. The van der Waals surface area contributed by atoms with Crippen molar-refractivity contribution >= 4 is 35.2 Å². The zero-order chi connectivity index (χ0) is 28.0. The van der Waals surface area contributed by atoms with Crippen molar-refractivity contribution in [3.05, 3.63) is 105 Å². The first kappa shape index (κ1) is 27.5. The number of amides is 1. The molecule has 0 aliphatic rings. The molecule has 0 saturated heterocycles. The molecular formula is C27H24N2O9. The lowest BCUT2D eigenvalue weighted by molar-refractivity contribution is -0.384. The molecule has 196 valence electrons. The van der Waals surface area contributed by atoms with Crippen LogP contribution in [-0.2, 0) is 19.1 Å². The minimum atomic E-state index is -2.24. The second-order valence-electron chi connectivity index (χ2n) is 8.47. The number of rotatable bonds is 9. The lowest BCUT2D eigenvalue weighted by atomic mass is 10.1. The summed E-state index contributed by atoms with van der Waals surface area (Å²) in [6.45, 7) is 4.99. The third kappa shape index (κ3) is 6.78.